The van der Waals surface area contributed by atoms with E-state index in [1.54, 1.807) is 0 Å². The number of hydrogen-bond donors (Lipinski definition) is 1. The molecule has 104 valence electrons. The third-order valence-corrected chi connectivity index (χ3v) is 3.25. The molecule has 1 rings (SSSR count). The van der Waals surface area contributed by atoms with Crippen molar-refractivity contribution in [3.63, 3.8) is 0 Å². The maximum absolute atomic E-state index is 11.3. The lowest BCUT2D eigenvalue weighted by Gasteiger charge is -2.17. The number of nitro groups is 1. The van der Waals surface area contributed by atoms with Gasteiger partial charge in [-0.25, -0.2) is 0 Å². The first-order valence-electron chi connectivity index (χ1n) is 5.60. The van der Waals surface area contributed by atoms with Crippen LogP contribution in [-0.2, 0) is 4.79 Å². The van der Waals surface area contributed by atoms with E-state index >= 15 is 0 Å². The Labute approximate surface area is 120 Å². The van der Waals surface area contributed by atoms with Gasteiger partial charge in [0.2, 0.25) is 0 Å². The van der Waals surface area contributed by atoms with Gasteiger partial charge in [0, 0.05) is 17.7 Å². The Morgan fingerprint density at radius 3 is 2.16 bits per heavy atom. The first-order valence-corrected chi connectivity index (χ1v) is 6.35. The number of nitrogens with zero attached hydrogens (tertiary/aromatic N) is 1. The van der Waals surface area contributed by atoms with Crippen LogP contribution in [0.3, 0.4) is 0 Å². The number of non-ortho nitro benzene ring substituents is 1. The van der Waals surface area contributed by atoms with Crippen molar-refractivity contribution in [3.8, 4) is 0 Å². The molecule has 1 unspecified atom stereocenters. The molecule has 0 aliphatic rings. The van der Waals surface area contributed by atoms with Crippen LogP contribution in [0.2, 0.25) is 10.0 Å². The smallest absolute Gasteiger partial charge is 0.311 e. The number of carboxylic acids is 1. The molecule has 5 nitrogen and oxygen atoms in total. The van der Waals surface area contributed by atoms with Crippen LogP contribution in [0.15, 0.2) is 12.1 Å². The molecular weight excluding hydrogens is 293 g/mol. The molecule has 7 heteroatoms. The molecule has 0 aliphatic carbocycles. The van der Waals surface area contributed by atoms with E-state index in [4.69, 9.17) is 23.2 Å². The molecule has 1 atom stereocenters. The molecule has 1 N–H and O–H groups in total. The lowest BCUT2D eigenvalue weighted by molar-refractivity contribution is -0.384. The minimum atomic E-state index is -1.05. The van der Waals surface area contributed by atoms with Crippen molar-refractivity contribution in [1.82, 2.24) is 0 Å². The van der Waals surface area contributed by atoms with Gasteiger partial charge in [-0.15, -0.1) is 0 Å². The molecule has 0 saturated carbocycles. The molecule has 1 aromatic rings. The Morgan fingerprint density at radius 2 is 1.84 bits per heavy atom. The molecule has 0 aromatic heterocycles. The predicted octanol–water partition coefficient (Wildman–Crippen LogP) is 4.12. The maximum Gasteiger partial charge on any atom is 0.311 e. The standard InChI is InChI=1S/C12H13Cl2NO4/c1-6(2)3-8(12(16)17)11-9(13)4-7(15(18)19)5-10(11)14/h4-6,8H,3H2,1-2H3,(H,16,17). The van der Waals surface area contributed by atoms with Crippen LogP contribution >= 0.6 is 23.2 Å². The summed E-state index contributed by atoms with van der Waals surface area (Å²) in [6.07, 6.45) is 0.354. The van der Waals surface area contributed by atoms with Gasteiger partial charge in [-0.1, -0.05) is 37.0 Å². The zero-order chi connectivity index (χ0) is 14.7. The van der Waals surface area contributed by atoms with Crippen molar-refractivity contribution in [1.29, 1.82) is 0 Å². The number of halogens is 2. The normalized spacial score (nSPS) is 12.5. The number of rotatable bonds is 5. The molecule has 19 heavy (non-hydrogen) atoms. The second-order valence-corrected chi connectivity index (χ2v) is 5.41. The van der Waals surface area contributed by atoms with E-state index in [1.807, 2.05) is 13.8 Å². The summed E-state index contributed by atoms with van der Waals surface area (Å²) < 4.78 is 0. The van der Waals surface area contributed by atoms with Gasteiger partial charge in [-0.3, -0.25) is 14.9 Å². The lowest BCUT2D eigenvalue weighted by Crippen LogP contribution is -2.15. The minimum absolute atomic E-state index is 0.00671. The van der Waals surface area contributed by atoms with Crippen LogP contribution in [0.1, 0.15) is 31.7 Å². The van der Waals surface area contributed by atoms with E-state index in [1.165, 1.54) is 0 Å². The summed E-state index contributed by atoms with van der Waals surface area (Å²) in [5.41, 5.74) is -0.0254. The summed E-state index contributed by atoms with van der Waals surface area (Å²) in [5.74, 6) is -1.80. The highest BCUT2D eigenvalue weighted by atomic mass is 35.5. The highest BCUT2D eigenvalue weighted by molar-refractivity contribution is 6.36. The van der Waals surface area contributed by atoms with Gasteiger partial charge in [0.05, 0.1) is 20.9 Å². The molecule has 1 aromatic carbocycles. The van der Waals surface area contributed by atoms with Crippen LogP contribution in [0.25, 0.3) is 0 Å². The fourth-order valence-corrected chi connectivity index (χ4v) is 2.56. The van der Waals surface area contributed by atoms with Crippen molar-refractivity contribution in [2.45, 2.75) is 26.2 Å². The Balaban J connectivity index is 3.31. The summed E-state index contributed by atoms with van der Waals surface area (Å²) in [6, 6.07) is 2.25. The highest BCUT2D eigenvalue weighted by Crippen LogP contribution is 2.38. The number of carboxylic acid groups (broad SMARTS) is 1. The van der Waals surface area contributed by atoms with Crippen molar-refractivity contribution < 1.29 is 14.8 Å². The van der Waals surface area contributed by atoms with E-state index in [0.717, 1.165) is 12.1 Å². The second-order valence-electron chi connectivity index (χ2n) is 4.60. The summed E-state index contributed by atoms with van der Waals surface area (Å²) in [5, 5.41) is 19.9. The van der Waals surface area contributed by atoms with Crippen molar-refractivity contribution >= 4 is 34.9 Å². The number of hydrogen-bond acceptors (Lipinski definition) is 3. The van der Waals surface area contributed by atoms with Gasteiger partial charge in [-0.05, 0) is 12.3 Å². The van der Waals surface area contributed by atoms with E-state index < -0.39 is 16.8 Å². The summed E-state index contributed by atoms with van der Waals surface area (Å²) >= 11 is 11.9. The predicted molar refractivity (Wildman–Crippen MR) is 72.9 cm³/mol. The van der Waals surface area contributed by atoms with E-state index in [-0.39, 0.29) is 27.2 Å². The van der Waals surface area contributed by atoms with Crippen molar-refractivity contribution in [3.05, 3.63) is 37.9 Å². The second kappa shape index (κ2) is 6.21. The van der Waals surface area contributed by atoms with Crippen LogP contribution in [0.4, 0.5) is 5.69 Å². The molecule has 0 spiro atoms. The van der Waals surface area contributed by atoms with Crippen LogP contribution < -0.4 is 0 Å². The molecule has 0 radical (unpaired) electrons. The first-order chi connectivity index (χ1) is 8.73. The summed E-state index contributed by atoms with van der Waals surface area (Å²) in [6.45, 7) is 3.76. The van der Waals surface area contributed by atoms with Gasteiger partial charge in [0.25, 0.3) is 5.69 Å². The Morgan fingerprint density at radius 1 is 1.37 bits per heavy atom. The fourth-order valence-electron chi connectivity index (χ4n) is 1.82. The topological polar surface area (TPSA) is 80.4 Å². The molecular formula is C12H13Cl2NO4. The van der Waals surface area contributed by atoms with Gasteiger partial charge >= 0.3 is 5.97 Å². The molecule has 0 aliphatic heterocycles. The quantitative estimate of drug-likeness (QED) is 0.655. The SMILES string of the molecule is CC(C)CC(C(=O)O)c1c(Cl)cc([N+](=O)[O-])cc1Cl. The van der Waals surface area contributed by atoms with Crippen molar-refractivity contribution in [2.24, 2.45) is 5.92 Å². The number of carbonyl (C=O) groups is 1. The fraction of sp³-hybridized carbons (Fsp3) is 0.417. The van der Waals surface area contributed by atoms with Gasteiger partial charge in [-0.2, -0.15) is 0 Å². The third-order valence-electron chi connectivity index (χ3n) is 2.63. The van der Waals surface area contributed by atoms with E-state index in [9.17, 15) is 20.0 Å². The minimum Gasteiger partial charge on any atom is -0.481 e. The van der Waals surface area contributed by atoms with Gasteiger partial charge in [0.1, 0.15) is 0 Å². The molecule has 0 amide bonds. The highest BCUT2D eigenvalue weighted by Gasteiger charge is 2.27. The van der Waals surface area contributed by atoms with Gasteiger partial charge < -0.3 is 5.11 Å². The average molecular weight is 306 g/mol. The third kappa shape index (κ3) is 3.81. The Bertz CT molecular complexity index is 493. The molecule has 0 saturated heterocycles. The monoisotopic (exact) mass is 305 g/mol. The summed E-state index contributed by atoms with van der Waals surface area (Å²) in [7, 11) is 0. The van der Waals surface area contributed by atoms with E-state index in [2.05, 4.69) is 0 Å². The van der Waals surface area contributed by atoms with Gasteiger partial charge in [0.15, 0.2) is 0 Å². The maximum atomic E-state index is 11.3. The molecule has 0 fully saturated rings. The largest absolute Gasteiger partial charge is 0.481 e. The van der Waals surface area contributed by atoms with E-state index in [0.29, 0.717) is 6.42 Å². The van der Waals surface area contributed by atoms with Crippen LogP contribution in [0, 0.1) is 16.0 Å². The zero-order valence-electron chi connectivity index (χ0n) is 10.4. The molecule has 0 bridgehead atoms. The van der Waals surface area contributed by atoms with Crippen LogP contribution in [0.5, 0.6) is 0 Å². The molecule has 0 heterocycles. The summed E-state index contributed by atoms with van der Waals surface area (Å²) in [4.78, 5) is 21.4. The zero-order valence-corrected chi connectivity index (χ0v) is 11.9. The Hall–Kier alpha value is -1.33. The lowest BCUT2D eigenvalue weighted by atomic mass is 9.90. The Kier molecular flexibility index (Phi) is 5.14. The first kappa shape index (κ1) is 15.7. The van der Waals surface area contributed by atoms with Crippen LogP contribution in [-0.4, -0.2) is 16.0 Å². The number of benzene rings is 1. The number of nitro benzene ring substituents is 1. The number of aliphatic carboxylic acids is 1. The van der Waals surface area contributed by atoms with Crippen molar-refractivity contribution in [2.75, 3.05) is 0 Å². The average Bonchev–Trinajstić information content (AvgIpc) is 2.25.